The number of benzene rings is 1. The largest absolute Gasteiger partial charge is 0.465 e. The van der Waals surface area contributed by atoms with E-state index in [0.29, 0.717) is 25.2 Å². The molecule has 6 nitrogen and oxygen atoms in total. The maximum Gasteiger partial charge on any atom is 0.411 e. The molecular formula is C20H25NO5. The van der Waals surface area contributed by atoms with E-state index < -0.39 is 5.60 Å². The molecule has 1 aromatic carbocycles. The van der Waals surface area contributed by atoms with Crippen molar-refractivity contribution in [2.24, 2.45) is 0 Å². The van der Waals surface area contributed by atoms with Crippen molar-refractivity contribution >= 4 is 17.6 Å². The van der Waals surface area contributed by atoms with Gasteiger partial charge in [-0.2, -0.15) is 0 Å². The molecular weight excluding hydrogens is 334 g/mol. The van der Waals surface area contributed by atoms with E-state index in [1.807, 2.05) is 32.9 Å². The summed E-state index contributed by atoms with van der Waals surface area (Å²) >= 11 is 0. The summed E-state index contributed by atoms with van der Waals surface area (Å²) in [4.78, 5) is 26.0. The second kappa shape index (κ2) is 7.11. The molecule has 6 heteroatoms. The summed E-state index contributed by atoms with van der Waals surface area (Å²) in [5.41, 5.74) is 2.18. The normalized spacial score (nSPS) is 22.5. The van der Waals surface area contributed by atoms with E-state index in [1.165, 1.54) is 7.11 Å². The van der Waals surface area contributed by atoms with Crippen molar-refractivity contribution in [1.29, 1.82) is 0 Å². The van der Waals surface area contributed by atoms with Crippen molar-refractivity contribution in [2.45, 2.75) is 44.9 Å². The van der Waals surface area contributed by atoms with Crippen LogP contribution in [0.5, 0.6) is 0 Å². The standard InChI is InChI=1S/C20H25NO5/c1-20(2,3)26-19(23)21-16-9-15(10-17(21)12-25-11-16)13-5-7-14(8-6-13)18(22)24-4/h5-9,16-17H,10-12H2,1-4H3. The lowest BCUT2D eigenvalue weighted by atomic mass is 9.90. The van der Waals surface area contributed by atoms with Gasteiger partial charge in [-0.15, -0.1) is 0 Å². The summed E-state index contributed by atoms with van der Waals surface area (Å²) in [7, 11) is 1.37. The van der Waals surface area contributed by atoms with Crippen molar-refractivity contribution in [1.82, 2.24) is 4.90 Å². The zero-order valence-electron chi connectivity index (χ0n) is 15.7. The Bertz CT molecular complexity index is 717. The minimum absolute atomic E-state index is 0.0520. The number of morpholine rings is 1. The number of methoxy groups -OCH3 is 1. The van der Waals surface area contributed by atoms with Gasteiger partial charge in [-0.3, -0.25) is 4.90 Å². The van der Waals surface area contributed by atoms with Crippen LogP contribution >= 0.6 is 0 Å². The highest BCUT2D eigenvalue weighted by Gasteiger charge is 2.40. The molecule has 140 valence electrons. The summed E-state index contributed by atoms with van der Waals surface area (Å²) in [5.74, 6) is -0.351. The maximum absolute atomic E-state index is 12.6. The van der Waals surface area contributed by atoms with E-state index in [9.17, 15) is 9.59 Å². The van der Waals surface area contributed by atoms with Crippen LogP contribution in [0.2, 0.25) is 0 Å². The number of ether oxygens (including phenoxy) is 3. The number of esters is 1. The molecule has 0 radical (unpaired) electrons. The number of fused-ring (bicyclic) bond motifs is 2. The fourth-order valence-electron chi connectivity index (χ4n) is 3.35. The predicted molar refractivity (Wildman–Crippen MR) is 96.8 cm³/mol. The Hall–Kier alpha value is -2.34. The van der Waals surface area contributed by atoms with Gasteiger partial charge in [0.05, 0.1) is 38.0 Å². The van der Waals surface area contributed by atoms with Crippen molar-refractivity contribution in [3.8, 4) is 0 Å². The van der Waals surface area contributed by atoms with Gasteiger partial charge in [0.1, 0.15) is 5.60 Å². The molecule has 1 amide bonds. The average Bonchev–Trinajstić information content (AvgIpc) is 2.58. The van der Waals surface area contributed by atoms with Crippen molar-refractivity contribution in [3.63, 3.8) is 0 Å². The number of carbonyl (C=O) groups excluding carboxylic acids is 2. The molecule has 3 rings (SSSR count). The van der Waals surface area contributed by atoms with Gasteiger partial charge >= 0.3 is 12.1 Å². The first-order valence-electron chi connectivity index (χ1n) is 8.77. The third-order valence-electron chi connectivity index (χ3n) is 4.48. The number of amides is 1. The molecule has 1 fully saturated rings. The number of hydrogen-bond donors (Lipinski definition) is 0. The number of hydrogen-bond acceptors (Lipinski definition) is 5. The monoisotopic (exact) mass is 359 g/mol. The Morgan fingerprint density at radius 3 is 2.42 bits per heavy atom. The van der Waals surface area contributed by atoms with Gasteiger partial charge < -0.3 is 14.2 Å². The lowest BCUT2D eigenvalue weighted by Gasteiger charge is -2.44. The van der Waals surface area contributed by atoms with Crippen LogP contribution in [0.15, 0.2) is 30.3 Å². The van der Waals surface area contributed by atoms with E-state index in [2.05, 4.69) is 6.08 Å². The first-order valence-corrected chi connectivity index (χ1v) is 8.77. The average molecular weight is 359 g/mol. The molecule has 2 bridgehead atoms. The van der Waals surface area contributed by atoms with Crippen LogP contribution in [0.25, 0.3) is 5.57 Å². The second-order valence-electron chi connectivity index (χ2n) is 7.61. The van der Waals surface area contributed by atoms with Gasteiger partial charge in [-0.05, 0) is 50.5 Å². The first-order chi connectivity index (χ1) is 12.3. The zero-order chi connectivity index (χ0) is 18.9. The molecule has 0 spiro atoms. The zero-order valence-corrected chi connectivity index (χ0v) is 15.7. The molecule has 26 heavy (non-hydrogen) atoms. The molecule has 0 saturated carbocycles. The van der Waals surface area contributed by atoms with Gasteiger partial charge in [0.15, 0.2) is 0 Å². The highest BCUT2D eigenvalue weighted by Crippen LogP contribution is 2.33. The quantitative estimate of drug-likeness (QED) is 0.759. The molecule has 0 aliphatic carbocycles. The summed E-state index contributed by atoms with van der Waals surface area (Å²) < 4.78 is 15.9. The summed E-state index contributed by atoms with van der Waals surface area (Å²) in [5, 5.41) is 0. The van der Waals surface area contributed by atoms with E-state index in [4.69, 9.17) is 14.2 Å². The lowest BCUT2D eigenvalue weighted by molar-refractivity contribution is -0.0510. The predicted octanol–water partition coefficient (Wildman–Crippen LogP) is 3.26. The molecule has 2 aliphatic rings. The number of carbonyl (C=O) groups is 2. The van der Waals surface area contributed by atoms with Crippen LogP contribution in [-0.4, -0.2) is 55.0 Å². The van der Waals surface area contributed by atoms with Crippen LogP contribution in [0.1, 0.15) is 43.1 Å². The Kier molecular flexibility index (Phi) is 5.05. The molecule has 0 N–H and O–H groups in total. The summed E-state index contributed by atoms with van der Waals surface area (Å²) in [6.07, 6.45) is 2.45. The van der Waals surface area contributed by atoms with Crippen molar-refractivity contribution in [2.75, 3.05) is 20.3 Å². The van der Waals surface area contributed by atoms with E-state index >= 15 is 0 Å². The van der Waals surface area contributed by atoms with Gasteiger partial charge in [0.25, 0.3) is 0 Å². The van der Waals surface area contributed by atoms with Crippen LogP contribution in [0.4, 0.5) is 4.79 Å². The molecule has 2 atom stereocenters. The molecule has 1 aromatic rings. The number of rotatable bonds is 2. The minimum atomic E-state index is -0.528. The molecule has 2 aliphatic heterocycles. The first kappa shape index (κ1) is 18.5. The Balaban J connectivity index is 1.81. The Labute approximate surface area is 153 Å². The second-order valence-corrected chi connectivity index (χ2v) is 7.61. The molecule has 1 saturated heterocycles. The van der Waals surface area contributed by atoms with Crippen molar-refractivity contribution < 1.29 is 23.8 Å². The van der Waals surface area contributed by atoms with Crippen LogP contribution in [0.3, 0.4) is 0 Å². The lowest BCUT2D eigenvalue weighted by Crippen LogP contribution is -2.57. The minimum Gasteiger partial charge on any atom is -0.465 e. The SMILES string of the molecule is COC(=O)c1ccc(C2=CC3COCC(C2)N3C(=O)OC(C)(C)C)cc1. The third-order valence-corrected chi connectivity index (χ3v) is 4.48. The number of nitrogens with zero attached hydrogens (tertiary/aromatic N) is 1. The molecule has 2 unspecified atom stereocenters. The van der Waals surface area contributed by atoms with E-state index in [1.54, 1.807) is 17.0 Å². The third kappa shape index (κ3) is 3.90. The van der Waals surface area contributed by atoms with Gasteiger partial charge in [0.2, 0.25) is 0 Å². The highest BCUT2D eigenvalue weighted by molar-refractivity contribution is 5.89. The smallest absolute Gasteiger partial charge is 0.411 e. The molecule has 0 aromatic heterocycles. The van der Waals surface area contributed by atoms with Crippen LogP contribution < -0.4 is 0 Å². The Morgan fingerprint density at radius 1 is 1.15 bits per heavy atom. The van der Waals surface area contributed by atoms with Gasteiger partial charge in [-0.25, -0.2) is 9.59 Å². The van der Waals surface area contributed by atoms with Crippen LogP contribution in [-0.2, 0) is 14.2 Å². The van der Waals surface area contributed by atoms with E-state index in [0.717, 1.165) is 11.1 Å². The van der Waals surface area contributed by atoms with Crippen molar-refractivity contribution in [3.05, 3.63) is 41.5 Å². The molecule has 2 heterocycles. The summed E-state index contributed by atoms with van der Waals surface area (Å²) in [6.45, 7) is 6.55. The fourth-order valence-corrected chi connectivity index (χ4v) is 3.35. The highest BCUT2D eigenvalue weighted by atomic mass is 16.6. The summed E-state index contributed by atoms with van der Waals surface area (Å²) in [6, 6.07) is 7.15. The fraction of sp³-hybridized carbons (Fsp3) is 0.500. The van der Waals surface area contributed by atoms with Gasteiger partial charge in [0, 0.05) is 0 Å². The van der Waals surface area contributed by atoms with Gasteiger partial charge in [-0.1, -0.05) is 18.2 Å². The Morgan fingerprint density at radius 2 is 1.85 bits per heavy atom. The van der Waals surface area contributed by atoms with Crippen LogP contribution in [0, 0.1) is 0 Å². The topological polar surface area (TPSA) is 65.1 Å². The van der Waals surface area contributed by atoms with E-state index in [-0.39, 0.29) is 24.1 Å². The maximum atomic E-state index is 12.6.